The molecule has 11 heavy (non-hydrogen) atoms. The Morgan fingerprint density at radius 3 is 3.27 bits per heavy atom. The number of rotatable bonds is 1. The molecule has 1 N–H and O–H groups in total. The maximum Gasteiger partial charge on any atom is 0.0513 e. The van der Waals surface area contributed by atoms with E-state index in [2.05, 4.69) is 29.6 Å². The van der Waals surface area contributed by atoms with E-state index in [-0.39, 0.29) is 0 Å². The predicted molar refractivity (Wildman–Crippen MR) is 48.6 cm³/mol. The average Bonchev–Trinajstić information content (AvgIpc) is 2.16. The van der Waals surface area contributed by atoms with Crippen molar-refractivity contribution in [1.29, 1.82) is 0 Å². The molecule has 1 heterocycles. The Balaban J connectivity index is 2.56. The van der Waals surface area contributed by atoms with E-state index in [1.54, 1.807) is 0 Å². The van der Waals surface area contributed by atoms with Crippen LogP contribution in [0.5, 0.6) is 0 Å². The molecule has 0 aromatic rings. The monoisotopic (exact) mass is 150 g/mol. The maximum atomic E-state index is 4.07. The summed E-state index contributed by atoms with van der Waals surface area (Å²) in [6.45, 7) is 2.97. The lowest BCUT2D eigenvalue weighted by Gasteiger charge is -1.99. The third-order valence-electron chi connectivity index (χ3n) is 1.64. The zero-order valence-corrected chi connectivity index (χ0v) is 6.83. The van der Waals surface area contributed by atoms with Gasteiger partial charge in [-0.05, 0) is 6.42 Å². The molecule has 0 amide bonds. The van der Waals surface area contributed by atoms with Crippen LogP contribution in [-0.2, 0) is 0 Å². The molecule has 1 aliphatic heterocycles. The van der Waals surface area contributed by atoms with E-state index in [1.165, 1.54) is 0 Å². The highest BCUT2D eigenvalue weighted by molar-refractivity contribution is 5.63. The van der Waals surface area contributed by atoms with Crippen molar-refractivity contribution in [1.82, 2.24) is 5.43 Å². The van der Waals surface area contributed by atoms with E-state index in [0.717, 1.165) is 13.0 Å². The SMILES string of the molecule is CCC1/C=C\C=C/CN/N=C\1. The standard InChI is InChI=1S/C9H14N2/c1-2-9-6-4-3-5-7-10-11-8-9/h3-6,8-10H,2,7H2,1H3/b5-3-,6-4-,11-8-. The van der Waals surface area contributed by atoms with E-state index in [1.807, 2.05) is 18.4 Å². The minimum Gasteiger partial charge on any atom is -0.307 e. The Bertz CT molecular complexity index is 180. The van der Waals surface area contributed by atoms with Crippen LogP contribution in [0.3, 0.4) is 0 Å². The van der Waals surface area contributed by atoms with Gasteiger partial charge in [-0.3, -0.25) is 0 Å². The van der Waals surface area contributed by atoms with Gasteiger partial charge in [0.15, 0.2) is 0 Å². The molecule has 2 nitrogen and oxygen atoms in total. The van der Waals surface area contributed by atoms with Crippen LogP contribution in [0.4, 0.5) is 0 Å². The number of nitrogens with one attached hydrogen (secondary N) is 1. The second-order valence-electron chi connectivity index (χ2n) is 2.53. The minimum absolute atomic E-state index is 0.477. The third kappa shape index (κ3) is 3.03. The summed E-state index contributed by atoms with van der Waals surface area (Å²) in [6, 6.07) is 0. The fourth-order valence-corrected chi connectivity index (χ4v) is 0.899. The van der Waals surface area contributed by atoms with Gasteiger partial charge in [-0.15, -0.1) is 0 Å². The van der Waals surface area contributed by atoms with Crippen molar-refractivity contribution in [3.63, 3.8) is 0 Å². The van der Waals surface area contributed by atoms with Crippen LogP contribution in [-0.4, -0.2) is 12.8 Å². The second-order valence-corrected chi connectivity index (χ2v) is 2.53. The third-order valence-corrected chi connectivity index (χ3v) is 1.64. The Morgan fingerprint density at radius 1 is 1.55 bits per heavy atom. The summed E-state index contributed by atoms with van der Waals surface area (Å²) in [4.78, 5) is 0. The van der Waals surface area contributed by atoms with Gasteiger partial charge in [0, 0.05) is 12.1 Å². The second kappa shape index (κ2) is 4.72. The van der Waals surface area contributed by atoms with Crippen molar-refractivity contribution in [2.24, 2.45) is 11.0 Å². The zero-order chi connectivity index (χ0) is 7.94. The first-order valence-corrected chi connectivity index (χ1v) is 4.03. The van der Waals surface area contributed by atoms with Gasteiger partial charge >= 0.3 is 0 Å². The Morgan fingerprint density at radius 2 is 2.45 bits per heavy atom. The van der Waals surface area contributed by atoms with Crippen molar-refractivity contribution in [2.75, 3.05) is 6.54 Å². The highest BCUT2D eigenvalue weighted by Crippen LogP contribution is 2.01. The van der Waals surface area contributed by atoms with E-state index in [0.29, 0.717) is 5.92 Å². The van der Waals surface area contributed by atoms with Crippen LogP contribution >= 0.6 is 0 Å². The van der Waals surface area contributed by atoms with Crippen molar-refractivity contribution in [2.45, 2.75) is 13.3 Å². The highest BCUT2D eigenvalue weighted by Gasteiger charge is 1.95. The van der Waals surface area contributed by atoms with Crippen molar-refractivity contribution < 1.29 is 0 Å². The minimum atomic E-state index is 0.477. The van der Waals surface area contributed by atoms with Gasteiger partial charge in [0.2, 0.25) is 0 Å². The number of nitrogens with zero attached hydrogens (tertiary/aromatic N) is 1. The number of allylic oxidation sites excluding steroid dienone is 3. The molecule has 0 radical (unpaired) electrons. The molecule has 1 aliphatic rings. The maximum absolute atomic E-state index is 4.07. The topological polar surface area (TPSA) is 24.4 Å². The van der Waals surface area contributed by atoms with Crippen LogP contribution in [0, 0.1) is 5.92 Å². The van der Waals surface area contributed by atoms with Gasteiger partial charge < -0.3 is 5.43 Å². The molecule has 2 heteroatoms. The van der Waals surface area contributed by atoms with Crippen molar-refractivity contribution in [3.8, 4) is 0 Å². The summed E-state index contributed by atoms with van der Waals surface area (Å²) in [6.07, 6.45) is 11.4. The Labute approximate surface area is 67.7 Å². The smallest absolute Gasteiger partial charge is 0.0513 e. The molecule has 0 fully saturated rings. The van der Waals surface area contributed by atoms with E-state index >= 15 is 0 Å². The molecule has 0 aromatic carbocycles. The van der Waals surface area contributed by atoms with Gasteiger partial charge in [-0.25, -0.2) is 0 Å². The van der Waals surface area contributed by atoms with Crippen LogP contribution in [0.15, 0.2) is 29.4 Å². The van der Waals surface area contributed by atoms with Gasteiger partial charge in [-0.1, -0.05) is 31.2 Å². The van der Waals surface area contributed by atoms with E-state index < -0.39 is 0 Å². The fraction of sp³-hybridized carbons (Fsp3) is 0.444. The normalized spacial score (nSPS) is 32.3. The first kappa shape index (κ1) is 8.05. The van der Waals surface area contributed by atoms with Crippen molar-refractivity contribution >= 4 is 6.21 Å². The van der Waals surface area contributed by atoms with Crippen LogP contribution < -0.4 is 5.43 Å². The zero-order valence-electron chi connectivity index (χ0n) is 6.83. The largest absolute Gasteiger partial charge is 0.307 e. The van der Waals surface area contributed by atoms with Crippen LogP contribution in [0.2, 0.25) is 0 Å². The average molecular weight is 150 g/mol. The summed E-state index contributed by atoms with van der Waals surface area (Å²) < 4.78 is 0. The highest BCUT2D eigenvalue weighted by atomic mass is 15.3. The predicted octanol–water partition coefficient (Wildman–Crippen LogP) is 1.71. The van der Waals surface area contributed by atoms with Crippen LogP contribution in [0.1, 0.15) is 13.3 Å². The molecule has 0 bridgehead atoms. The number of hydrazone groups is 1. The Hall–Kier alpha value is -1.05. The molecule has 0 aromatic heterocycles. The van der Waals surface area contributed by atoms with Crippen molar-refractivity contribution in [3.05, 3.63) is 24.3 Å². The molecular formula is C9H14N2. The number of hydrogen-bond donors (Lipinski definition) is 1. The molecular weight excluding hydrogens is 136 g/mol. The molecule has 0 spiro atoms. The lowest BCUT2D eigenvalue weighted by Crippen LogP contribution is -2.06. The summed E-state index contributed by atoms with van der Waals surface area (Å²) >= 11 is 0. The van der Waals surface area contributed by atoms with E-state index in [4.69, 9.17) is 0 Å². The summed E-state index contributed by atoms with van der Waals surface area (Å²) in [5, 5.41) is 4.07. The quantitative estimate of drug-likeness (QED) is 0.604. The van der Waals surface area contributed by atoms with E-state index in [9.17, 15) is 0 Å². The molecule has 1 rings (SSSR count). The molecule has 1 unspecified atom stereocenters. The number of hydrogen-bond acceptors (Lipinski definition) is 2. The summed E-state index contributed by atoms with van der Waals surface area (Å²) in [5.41, 5.74) is 2.93. The molecule has 0 saturated carbocycles. The van der Waals surface area contributed by atoms with Gasteiger partial charge in [0.1, 0.15) is 0 Å². The first-order valence-electron chi connectivity index (χ1n) is 4.03. The fourth-order valence-electron chi connectivity index (χ4n) is 0.899. The molecule has 0 saturated heterocycles. The summed E-state index contributed by atoms with van der Waals surface area (Å²) in [7, 11) is 0. The first-order chi connectivity index (χ1) is 5.43. The van der Waals surface area contributed by atoms with Gasteiger partial charge in [0.05, 0.1) is 6.54 Å². The van der Waals surface area contributed by atoms with Gasteiger partial charge in [0.25, 0.3) is 0 Å². The lowest BCUT2D eigenvalue weighted by atomic mass is 10.1. The molecule has 60 valence electrons. The lowest BCUT2D eigenvalue weighted by molar-refractivity contribution is 0.787. The molecule has 1 atom stereocenters. The van der Waals surface area contributed by atoms with Crippen LogP contribution in [0.25, 0.3) is 0 Å². The Kier molecular flexibility index (Phi) is 3.45. The summed E-state index contributed by atoms with van der Waals surface area (Å²) in [5.74, 6) is 0.477. The molecule has 0 aliphatic carbocycles. The van der Waals surface area contributed by atoms with Gasteiger partial charge in [-0.2, -0.15) is 5.10 Å².